The molecule has 0 N–H and O–H groups in total. The first-order valence-electron chi connectivity index (χ1n) is 6.31. The van der Waals surface area contributed by atoms with Crippen LogP contribution in [0.2, 0.25) is 0 Å². The van der Waals surface area contributed by atoms with Gasteiger partial charge in [-0.1, -0.05) is 30.3 Å². The molecule has 19 heavy (non-hydrogen) atoms. The molecule has 3 rings (SSSR count). The Kier molecular flexibility index (Phi) is 2.95. The van der Waals surface area contributed by atoms with Crippen LogP contribution in [0, 0.1) is 0 Å². The molecular formula is C16H16N2O. The van der Waals surface area contributed by atoms with Crippen molar-refractivity contribution in [3.8, 4) is 5.75 Å². The van der Waals surface area contributed by atoms with Crippen molar-refractivity contribution in [2.75, 3.05) is 7.11 Å². The summed E-state index contributed by atoms with van der Waals surface area (Å²) in [6.45, 7) is 0. The fraction of sp³-hybridized carbons (Fsp3) is 0.188. The minimum absolute atomic E-state index is 0.842. The van der Waals surface area contributed by atoms with E-state index >= 15 is 0 Å². The van der Waals surface area contributed by atoms with Gasteiger partial charge in [-0.05, 0) is 17.7 Å². The number of rotatable bonds is 3. The second-order valence-electron chi connectivity index (χ2n) is 4.60. The first-order valence-corrected chi connectivity index (χ1v) is 6.31. The minimum Gasteiger partial charge on any atom is -0.497 e. The summed E-state index contributed by atoms with van der Waals surface area (Å²) in [7, 11) is 3.73. The van der Waals surface area contributed by atoms with Crippen molar-refractivity contribution >= 4 is 11.0 Å². The number of methoxy groups -OCH3 is 1. The predicted octanol–water partition coefficient (Wildman–Crippen LogP) is 3.17. The third-order valence-electron chi connectivity index (χ3n) is 3.39. The Labute approximate surface area is 112 Å². The lowest BCUT2D eigenvalue weighted by Gasteiger charge is -2.02. The van der Waals surface area contributed by atoms with Gasteiger partial charge >= 0.3 is 0 Å². The van der Waals surface area contributed by atoms with E-state index in [9.17, 15) is 0 Å². The molecule has 0 fully saturated rings. The number of nitrogens with zero attached hydrogens (tertiary/aromatic N) is 2. The van der Waals surface area contributed by atoms with Gasteiger partial charge in [-0.2, -0.15) is 0 Å². The predicted molar refractivity (Wildman–Crippen MR) is 76.5 cm³/mol. The van der Waals surface area contributed by atoms with E-state index in [0.717, 1.165) is 29.0 Å². The van der Waals surface area contributed by atoms with Gasteiger partial charge < -0.3 is 9.30 Å². The van der Waals surface area contributed by atoms with Crippen LogP contribution in [0.5, 0.6) is 5.75 Å². The van der Waals surface area contributed by atoms with Gasteiger partial charge in [0.25, 0.3) is 0 Å². The molecule has 0 radical (unpaired) electrons. The average Bonchev–Trinajstić information content (AvgIpc) is 2.76. The number of aryl methyl sites for hydroxylation is 1. The van der Waals surface area contributed by atoms with Crippen LogP contribution >= 0.6 is 0 Å². The molecule has 0 aliphatic carbocycles. The maximum Gasteiger partial charge on any atom is 0.121 e. The molecule has 0 aliphatic rings. The summed E-state index contributed by atoms with van der Waals surface area (Å²) in [6, 6.07) is 16.4. The number of hydrogen-bond donors (Lipinski definition) is 0. The van der Waals surface area contributed by atoms with Gasteiger partial charge in [0.05, 0.1) is 18.1 Å². The van der Waals surface area contributed by atoms with E-state index in [2.05, 4.69) is 41.9 Å². The van der Waals surface area contributed by atoms with Crippen LogP contribution in [0.1, 0.15) is 11.4 Å². The van der Waals surface area contributed by atoms with E-state index in [0.29, 0.717) is 0 Å². The Morgan fingerprint density at radius 2 is 1.89 bits per heavy atom. The normalized spacial score (nSPS) is 10.8. The molecule has 1 aromatic heterocycles. The van der Waals surface area contributed by atoms with Gasteiger partial charge in [-0.15, -0.1) is 0 Å². The highest BCUT2D eigenvalue weighted by Gasteiger charge is 2.09. The van der Waals surface area contributed by atoms with Crippen molar-refractivity contribution in [1.82, 2.24) is 9.55 Å². The van der Waals surface area contributed by atoms with Gasteiger partial charge in [0.2, 0.25) is 0 Å². The summed E-state index contributed by atoms with van der Waals surface area (Å²) in [5.41, 5.74) is 3.38. The molecule has 0 spiro atoms. The molecule has 0 amide bonds. The maximum absolute atomic E-state index is 5.24. The molecule has 1 heterocycles. The summed E-state index contributed by atoms with van der Waals surface area (Å²) in [5.74, 6) is 1.91. The number of fused-ring (bicyclic) bond motifs is 1. The van der Waals surface area contributed by atoms with Gasteiger partial charge in [0.15, 0.2) is 0 Å². The molecule has 3 nitrogen and oxygen atoms in total. The fourth-order valence-corrected chi connectivity index (χ4v) is 2.29. The van der Waals surface area contributed by atoms with E-state index in [1.807, 2.05) is 18.2 Å². The van der Waals surface area contributed by atoms with Crippen LogP contribution in [-0.4, -0.2) is 16.7 Å². The van der Waals surface area contributed by atoms with E-state index in [4.69, 9.17) is 9.72 Å². The van der Waals surface area contributed by atoms with Crippen LogP contribution in [0.25, 0.3) is 11.0 Å². The standard InChI is InChI=1S/C16H16N2O/c1-18-15-9-8-13(19-2)11-14(15)17-16(18)10-12-6-4-3-5-7-12/h3-9,11H,10H2,1-2H3. The zero-order chi connectivity index (χ0) is 13.2. The van der Waals surface area contributed by atoms with Crippen LogP contribution in [-0.2, 0) is 13.5 Å². The van der Waals surface area contributed by atoms with Gasteiger partial charge in [0.1, 0.15) is 11.6 Å². The second-order valence-corrected chi connectivity index (χ2v) is 4.60. The molecule has 3 aromatic rings. The van der Waals surface area contributed by atoms with E-state index in [1.165, 1.54) is 5.56 Å². The van der Waals surface area contributed by atoms with Crippen molar-refractivity contribution in [2.24, 2.45) is 7.05 Å². The Hall–Kier alpha value is -2.29. The Morgan fingerprint density at radius 1 is 1.11 bits per heavy atom. The quantitative estimate of drug-likeness (QED) is 0.716. The zero-order valence-electron chi connectivity index (χ0n) is 11.1. The third-order valence-corrected chi connectivity index (χ3v) is 3.39. The fourth-order valence-electron chi connectivity index (χ4n) is 2.29. The molecule has 0 unspecified atom stereocenters. The van der Waals surface area contributed by atoms with Crippen molar-refractivity contribution in [1.29, 1.82) is 0 Å². The highest BCUT2D eigenvalue weighted by Crippen LogP contribution is 2.22. The monoisotopic (exact) mass is 252 g/mol. The largest absolute Gasteiger partial charge is 0.497 e. The lowest BCUT2D eigenvalue weighted by Crippen LogP contribution is -1.98. The Morgan fingerprint density at radius 3 is 2.63 bits per heavy atom. The minimum atomic E-state index is 0.842. The molecule has 0 aliphatic heterocycles. The van der Waals surface area contributed by atoms with E-state index in [1.54, 1.807) is 7.11 Å². The molecule has 3 heteroatoms. The van der Waals surface area contributed by atoms with Gasteiger partial charge in [0, 0.05) is 19.5 Å². The number of ether oxygens (including phenoxy) is 1. The van der Waals surface area contributed by atoms with Crippen LogP contribution in [0.15, 0.2) is 48.5 Å². The third kappa shape index (κ3) is 2.19. The Balaban J connectivity index is 2.02. The summed E-state index contributed by atoms with van der Waals surface area (Å²) in [4.78, 5) is 4.70. The summed E-state index contributed by atoms with van der Waals surface area (Å²) in [5, 5.41) is 0. The first kappa shape index (κ1) is 11.8. The molecule has 0 saturated heterocycles. The highest BCUT2D eigenvalue weighted by molar-refractivity contribution is 5.77. The molecule has 96 valence electrons. The molecule has 0 atom stereocenters. The smallest absolute Gasteiger partial charge is 0.121 e. The molecule has 0 saturated carbocycles. The SMILES string of the molecule is COc1ccc2c(c1)nc(Cc1ccccc1)n2C. The van der Waals surface area contributed by atoms with E-state index in [-0.39, 0.29) is 0 Å². The topological polar surface area (TPSA) is 27.1 Å². The van der Waals surface area contributed by atoms with E-state index < -0.39 is 0 Å². The second kappa shape index (κ2) is 4.76. The Bertz CT molecular complexity index is 701. The van der Waals surface area contributed by atoms with Crippen molar-refractivity contribution in [2.45, 2.75) is 6.42 Å². The van der Waals surface area contributed by atoms with Gasteiger partial charge in [-0.25, -0.2) is 4.98 Å². The van der Waals surface area contributed by atoms with Crippen molar-refractivity contribution < 1.29 is 4.74 Å². The number of benzene rings is 2. The average molecular weight is 252 g/mol. The number of hydrogen-bond acceptors (Lipinski definition) is 2. The van der Waals surface area contributed by atoms with Crippen molar-refractivity contribution in [3.05, 3.63) is 59.9 Å². The lowest BCUT2D eigenvalue weighted by molar-refractivity contribution is 0.415. The summed E-state index contributed by atoms with van der Waals surface area (Å²) in [6.07, 6.45) is 0.842. The van der Waals surface area contributed by atoms with Crippen LogP contribution < -0.4 is 4.74 Å². The van der Waals surface area contributed by atoms with Crippen LogP contribution in [0.4, 0.5) is 0 Å². The first-order chi connectivity index (χ1) is 9.28. The summed E-state index contributed by atoms with van der Waals surface area (Å²) < 4.78 is 7.38. The van der Waals surface area contributed by atoms with Crippen molar-refractivity contribution in [3.63, 3.8) is 0 Å². The van der Waals surface area contributed by atoms with Gasteiger partial charge in [-0.3, -0.25) is 0 Å². The maximum atomic E-state index is 5.24. The highest BCUT2D eigenvalue weighted by atomic mass is 16.5. The summed E-state index contributed by atoms with van der Waals surface area (Å²) >= 11 is 0. The number of aromatic nitrogens is 2. The molecule has 2 aromatic carbocycles. The number of imidazole rings is 1. The van der Waals surface area contributed by atoms with Crippen LogP contribution in [0.3, 0.4) is 0 Å². The lowest BCUT2D eigenvalue weighted by atomic mass is 10.1. The zero-order valence-corrected chi connectivity index (χ0v) is 11.1. The molecule has 0 bridgehead atoms. The molecular weight excluding hydrogens is 236 g/mol.